The quantitative estimate of drug-likeness (QED) is 0.374. The first kappa shape index (κ1) is 29.4. The van der Waals surface area contributed by atoms with E-state index in [4.69, 9.17) is 27.9 Å². The molecule has 3 amide bonds. The third kappa shape index (κ3) is 5.14. The van der Waals surface area contributed by atoms with Crippen molar-refractivity contribution in [3.05, 3.63) is 81.3 Å². The van der Waals surface area contributed by atoms with Crippen LogP contribution in [0.2, 0.25) is 10.0 Å². The van der Waals surface area contributed by atoms with Crippen LogP contribution in [0.1, 0.15) is 49.2 Å². The Bertz CT molecular complexity index is 1670. The number of hydrogen-bond donors (Lipinski definition) is 3. The number of fused-ring (bicyclic) bond motifs is 1. The van der Waals surface area contributed by atoms with E-state index in [1.54, 1.807) is 24.3 Å². The molecular weight excluding hydrogens is 577 g/mol. The molecule has 3 aromatic rings. The molecule has 1 aliphatic rings. The second-order valence-corrected chi connectivity index (χ2v) is 13.0. The Morgan fingerprint density at radius 3 is 2.25 bits per heavy atom. The van der Waals surface area contributed by atoms with E-state index in [1.807, 2.05) is 20.8 Å². The molecule has 1 aliphatic heterocycles. The minimum absolute atomic E-state index is 0.00394. The van der Waals surface area contributed by atoms with Gasteiger partial charge in [-0.3, -0.25) is 14.4 Å². The maximum atomic E-state index is 14.1. The molecule has 0 bridgehead atoms. The van der Waals surface area contributed by atoms with Crippen LogP contribution in [0.25, 0.3) is 0 Å². The van der Waals surface area contributed by atoms with Gasteiger partial charge in [0.05, 0.1) is 17.7 Å². The van der Waals surface area contributed by atoms with Crippen molar-refractivity contribution >= 4 is 56.4 Å². The highest BCUT2D eigenvalue weighted by Gasteiger charge is 2.52. The first-order chi connectivity index (χ1) is 18.6. The summed E-state index contributed by atoms with van der Waals surface area (Å²) in [5.41, 5.74) is -1.91. The second kappa shape index (κ2) is 10.4. The lowest BCUT2D eigenvalue weighted by molar-refractivity contribution is -0.127. The molecule has 40 heavy (non-hydrogen) atoms. The summed E-state index contributed by atoms with van der Waals surface area (Å²) in [6.07, 6.45) is 0. The van der Waals surface area contributed by atoms with E-state index in [1.165, 1.54) is 44.4 Å². The van der Waals surface area contributed by atoms with E-state index in [-0.39, 0.29) is 48.0 Å². The first-order valence-corrected chi connectivity index (χ1v) is 14.3. The second-order valence-electron chi connectivity index (χ2n) is 10.3. The molecule has 0 saturated carbocycles. The zero-order valence-electron chi connectivity index (χ0n) is 22.3. The standard InChI is InChI=1S/C28H27Cl2N3O6S/c1-15(34)32-28(18-8-6-7-9-20(18)30)19-13-17(29)14-23(24(19)31-26(28)36)40(37,38)22-11-10-16(12-21(22)39-5)25(35)33-27(2,3)4/h6-14H,1-5H3,(H,31,36)(H,32,34)(H,33,35). The number of carbonyl (C=O) groups is 3. The smallest absolute Gasteiger partial charge is 0.259 e. The van der Waals surface area contributed by atoms with Gasteiger partial charge < -0.3 is 20.7 Å². The zero-order valence-corrected chi connectivity index (χ0v) is 24.6. The van der Waals surface area contributed by atoms with Crippen molar-refractivity contribution in [2.75, 3.05) is 12.4 Å². The largest absolute Gasteiger partial charge is 0.495 e. The SMILES string of the molecule is COc1cc(C(=O)NC(C)(C)C)ccc1S(=O)(=O)c1cc(Cl)cc2c1NC(=O)C2(NC(C)=O)c1ccccc1Cl. The van der Waals surface area contributed by atoms with Crippen LogP contribution in [0.3, 0.4) is 0 Å². The first-order valence-electron chi connectivity index (χ1n) is 12.1. The molecule has 0 fully saturated rings. The molecule has 3 N–H and O–H groups in total. The number of methoxy groups -OCH3 is 1. The average molecular weight is 605 g/mol. The van der Waals surface area contributed by atoms with Crippen LogP contribution in [-0.4, -0.2) is 38.8 Å². The van der Waals surface area contributed by atoms with E-state index >= 15 is 0 Å². The Hall–Kier alpha value is -3.60. The van der Waals surface area contributed by atoms with Crippen LogP contribution in [-0.2, 0) is 25.0 Å². The highest BCUT2D eigenvalue weighted by atomic mass is 35.5. The molecular formula is C28H27Cl2N3O6S. The Balaban J connectivity index is 1.94. The van der Waals surface area contributed by atoms with Crippen molar-refractivity contribution < 1.29 is 27.5 Å². The van der Waals surface area contributed by atoms with Gasteiger partial charge in [-0.1, -0.05) is 41.4 Å². The molecule has 9 nitrogen and oxygen atoms in total. The molecule has 0 aromatic heterocycles. The predicted molar refractivity (Wildman–Crippen MR) is 152 cm³/mol. The van der Waals surface area contributed by atoms with Crippen LogP contribution in [0.4, 0.5) is 5.69 Å². The van der Waals surface area contributed by atoms with Crippen molar-refractivity contribution in [3.8, 4) is 5.75 Å². The van der Waals surface area contributed by atoms with E-state index in [0.29, 0.717) is 0 Å². The molecule has 1 heterocycles. The van der Waals surface area contributed by atoms with Crippen LogP contribution in [0.15, 0.2) is 64.4 Å². The molecule has 210 valence electrons. The van der Waals surface area contributed by atoms with Gasteiger partial charge in [0, 0.05) is 39.2 Å². The Labute approximate surface area is 242 Å². The number of amides is 3. The van der Waals surface area contributed by atoms with Crippen LogP contribution >= 0.6 is 23.2 Å². The number of ether oxygens (including phenoxy) is 1. The summed E-state index contributed by atoms with van der Waals surface area (Å²) in [5, 5.41) is 8.28. The van der Waals surface area contributed by atoms with Gasteiger partial charge in [0.15, 0.2) is 5.54 Å². The predicted octanol–water partition coefficient (Wildman–Crippen LogP) is 4.69. The van der Waals surface area contributed by atoms with Gasteiger partial charge in [0.2, 0.25) is 15.7 Å². The van der Waals surface area contributed by atoms with Gasteiger partial charge in [-0.2, -0.15) is 0 Å². The van der Waals surface area contributed by atoms with E-state index in [2.05, 4.69) is 16.0 Å². The van der Waals surface area contributed by atoms with Crippen LogP contribution < -0.4 is 20.7 Å². The van der Waals surface area contributed by atoms with Gasteiger partial charge in [-0.05, 0) is 57.2 Å². The van der Waals surface area contributed by atoms with Gasteiger partial charge in [0.1, 0.15) is 10.6 Å². The van der Waals surface area contributed by atoms with Gasteiger partial charge in [0.25, 0.3) is 11.8 Å². The molecule has 1 atom stereocenters. The molecule has 3 aromatic carbocycles. The molecule has 12 heteroatoms. The lowest BCUT2D eigenvalue weighted by Crippen LogP contribution is -2.51. The summed E-state index contributed by atoms with van der Waals surface area (Å²) in [6, 6.07) is 13.0. The van der Waals surface area contributed by atoms with E-state index < -0.39 is 38.6 Å². The summed E-state index contributed by atoms with van der Waals surface area (Å²) in [7, 11) is -3.12. The van der Waals surface area contributed by atoms with Crippen LogP contribution in [0.5, 0.6) is 5.75 Å². The fraction of sp³-hybridized carbons (Fsp3) is 0.250. The van der Waals surface area contributed by atoms with Crippen molar-refractivity contribution in [1.29, 1.82) is 0 Å². The molecule has 0 radical (unpaired) electrons. The maximum Gasteiger partial charge on any atom is 0.259 e. The Morgan fingerprint density at radius 1 is 0.975 bits per heavy atom. The summed E-state index contributed by atoms with van der Waals surface area (Å²) in [5.74, 6) is -1.77. The third-order valence-corrected chi connectivity index (χ3v) is 8.55. The minimum Gasteiger partial charge on any atom is -0.495 e. The minimum atomic E-state index is -4.40. The lowest BCUT2D eigenvalue weighted by atomic mass is 9.83. The number of rotatable bonds is 6. The van der Waals surface area contributed by atoms with Gasteiger partial charge in [-0.25, -0.2) is 8.42 Å². The summed E-state index contributed by atoms with van der Waals surface area (Å²) in [4.78, 5) is 38.1. The van der Waals surface area contributed by atoms with Crippen molar-refractivity contribution in [1.82, 2.24) is 10.6 Å². The summed E-state index contributed by atoms with van der Waals surface area (Å²) < 4.78 is 33.5. The molecule has 0 aliphatic carbocycles. The number of carbonyl (C=O) groups excluding carboxylic acids is 3. The van der Waals surface area contributed by atoms with Gasteiger partial charge >= 0.3 is 0 Å². The van der Waals surface area contributed by atoms with Crippen molar-refractivity contribution in [3.63, 3.8) is 0 Å². The van der Waals surface area contributed by atoms with E-state index in [9.17, 15) is 22.8 Å². The molecule has 1 unspecified atom stereocenters. The average Bonchev–Trinajstić information content (AvgIpc) is 3.13. The Morgan fingerprint density at radius 2 is 1.65 bits per heavy atom. The number of sulfone groups is 1. The number of anilines is 1. The zero-order chi connectivity index (χ0) is 29.6. The monoisotopic (exact) mass is 603 g/mol. The lowest BCUT2D eigenvalue weighted by Gasteiger charge is -2.30. The Kier molecular flexibility index (Phi) is 7.66. The third-order valence-electron chi connectivity index (χ3n) is 6.18. The number of hydrogen-bond acceptors (Lipinski definition) is 6. The van der Waals surface area contributed by atoms with Crippen LogP contribution in [0, 0.1) is 0 Å². The topological polar surface area (TPSA) is 131 Å². The molecule has 4 rings (SSSR count). The maximum absolute atomic E-state index is 14.1. The summed E-state index contributed by atoms with van der Waals surface area (Å²) in [6.45, 7) is 6.68. The summed E-state index contributed by atoms with van der Waals surface area (Å²) >= 11 is 12.9. The van der Waals surface area contributed by atoms with Crippen molar-refractivity contribution in [2.24, 2.45) is 0 Å². The number of benzene rings is 3. The highest BCUT2D eigenvalue weighted by molar-refractivity contribution is 7.91. The fourth-order valence-corrected chi connectivity index (χ4v) is 6.76. The molecule has 0 saturated heterocycles. The highest BCUT2D eigenvalue weighted by Crippen LogP contribution is 2.48. The van der Waals surface area contributed by atoms with E-state index in [0.717, 1.165) is 0 Å². The molecule has 0 spiro atoms. The fourth-order valence-electron chi connectivity index (χ4n) is 4.60. The normalized spacial score (nSPS) is 16.6. The van der Waals surface area contributed by atoms with Crippen molar-refractivity contribution in [2.45, 2.75) is 48.6 Å². The number of nitrogens with one attached hydrogen (secondary N) is 3. The van der Waals surface area contributed by atoms with Gasteiger partial charge in [-0.15, -0.1) is 0 Å². The number of halogens is 2.